The molecule has 0 heterocycles. The Morgan fingerprint density at radius 1 is 1.11 bits per heavy atom. The van der Waals surface area contributed by atoms with Crippen LogP contribution in [0.25, 0.3) is 0 Å². The number of rotatable bonds is 7. The lowest BCUT2D eigenvalue weighted by Crippen LogP contribution is -2.38. The second-order valence-electron chi connectivity index (χ2n) is 4.25. The van der Waals surface area contributed by atoms with E-state index in [2.05, 4.69) is 13.8 Å². The topological polar surface area (TPSA) is 90.2 Å². The zero-order valence-electron chi connectivity index (χ0n) is 12.5. The van der Waals surface area contributed by atoms with Crippen LogP contribution in [0.15, 0.2) is 0 Å². The molecule has 0 rings (SSSR count). The number of ether oxygens (including phenoxy) is 1. The van der Waals surface area contributed by atoms with Crippen LogP contribution in [0, 0.1) is 5.92 Å². The molecule has 0 saturated carbocycles. The van der Waals surface area contributed by atoms with Gasteiger partial charge in [0.1, 0.15) is 5.60 Å². The average molecular weight is 268 g/mol. The van der Waals surface area contributed by atoms with Crippen molar-refractivity contribution in [1.29, 1.82) is 0 Å². The SMILES string of the molecule is CCC.CCC(O)(CO)COCC(C)CO.CO. The van der Waals surface area contributed by atoms with Crippen molar-refractivity contribution < 1.29 is 25.2 Å². The van der Waals surface area contributed by atoms with E-state index in [-0.39, 0.29) is 25.7 Å². The summed E-state index contributed by atoms with van der Waals surface area (Å²) in [6.07, 6.45) is 1.71. The van der Waals surface area contributed by atoms with E-state index in [4.69, 9.17) is 20.1 Å². The van der Waals surface area contributed by atoms with Crippen LogP contribution in [0.4, 0.5) is 0 Å². The number of hydrogen-bond donors (Lipinski definition) is 4. The fourth-order valence-corrected chi connectivity index (χ4v) is 0.762. The van der Waals surface area contributed by atoms with Crippen molar-refractivity contribution in [2.24, 2.45) is 5.92 Å². The largest absolute Gasteiger partial charge is 0.400 e. The molecule has 18 heavy (non-hydrogen) atoms. The maximum absolute atomic E-state index is 9.58. The van der Waals surface area contributed by atoms with Crippen LogP contribution >= 0.6 is 0 Å². The lowest BCUT2D eigenvalue weighted by atomic mass is 10.0. The van der Waals surface area contributed by atoms with Crippen molar-refractivity contribution >= 4 is 0 Å². The predicted molar refractivity (Wildman–Crippen MR) is 73.5 cm³/mol. The van der Waals surface area contributed by atoms with Crippen LogP contribution in [0.2, 0.25) is 0 Å². The Kier molecular flexibility index (Phi) is 21.4. The van der Waals surface area contributed by atoms with Gasteiger partial charge in [-0.25, -0.2) is 0 Å². The van der Waals surface area contributed by atoms with Crippen LogP contribution in [-0.2, 0) is 4.74 Å². The van der Waals surface area contributed by atoms with Crippen molar-refractivity contribution in [3.8, 4) is 0 Å². The zero-order chi connectivity index (χ0) is 15.0. The molecule has 2 unspecified atom stereocenters. The Hall–Kier alpha value is -0.200. The van der Waals surface area contributed by atoms with Gasteiger partial charge in [-0.1, -0.05) is 34.1 Å². The highest BCUT2D eigenvalue weighted by Crippen LogP contribution is 2.09. The quantitative estimate of drug-likeness (QED) is 0.548. The summed E-state index contributed by atoms with van der Waals surface area (Å²) < 4.78 is 5.16. The smallest absolute Gasteiger partial charge is 0.111 e. The molecule has 4 N–H and O–H groups in total. The molecule has 0 spiro atoms. The molecule has 0 aromatic rings. The Morgan fingerprint density at radius 2 is 1.56 bits per heavy atom. The molecule has 0 radical (unpaired) electrons. The second kappa shape index (κ2) is 16.8. The normalized spacial score (nSPS) is 14.5. The molecule has 0 aliphatic heterocycles. The first-order valence-corrected chi connectivity index (χ1v) is 6.46. The summed E-state index contributed by atoms with van der Waals surface area (Å²) in [6, 6.07) is 0. The van der Waals surface area contributed by atoms with Crippen molar-refractivity contribution in [2.45, 2.75) is 46.1 Å². The van der Waals surface area contributed by atoms with E-state index in [1.54, 1.807) is 6.92 Å². The van der Waals surface area contributed by atoms with Gasteiger partial charge < -0.3 is 25.2 Å². The predicted octanol–water partition coefficient (Wildman–Crippen LogP) is 0.790. The molecular weight excluding hydrogens is 236 g/mol. The molecule has 5 heteroatoms. The molecule has 2 atom stereocenters. The molecule has 0 aromatic carbocycles. The summed E-state index contributed by atoms with van der Waals surface area (Å²) in [7, 11) is 1.00. The van der Waals surface area contributed by atoms with Crippen molar-refractivity contribution in [3.63, 3.8) is 0 Å². The van der Waals surface area contributed by atoms with Gasteiger partial charge in [0.25, 0.3) is 0 Å². The van der Waals surface area contributed by atoms with E-state index in [1.807, 2.05) is 6.92 Å². The van der Waals surface area contributed by atoms with Crippen molar-refractivity contribution in [3.05, 3.63) is 0 Å². The third kappa shape index (κ3) is 15.8. The second-order valence-corrected chi connectivity index (χ2v) is 4.25. The summed E-state index contributed by atoms with van der Waals surface area (Å²) >= 11 is 0. The van der Waals surface area contributed by atoms with E-state index in [0.717, 1.165) is 7.11 Å². The minimum atomic E-state index is -1.13. The van der Waals surface area contributed by atoms with Crippen molar-refractivity contribution in [2.75, 3.05) is 33.5 Å². The van der Waals surface area contributed by atoms with Gasteiger partial charge in [-0.05, 0) is 6.42 Å². The van der Waals surface area contributed by atoms with Crippen molar-refractivity contribution in [1.82, 2.24) is 0 Å². The molecule has 0 aliphatic carbocycles. The third-order valence-electron chi connectivity index (χ3n) is 2.04. The van der Waals surface area contributed by atoms with E-state index in [9.17, 15) is 5.11 Å². The van der Waals surface area contributed by atoms with Crippen LogP contribution in [0.1, 0.15) is 40.5 Å². The Morgan fingerprint density at radius 3 is 1.83 bits per heavy atom. The first kappa shape index (κ1) is 22.9. The number of hydrogen-bond acceptors (Lipinski definition) is 5. The van der Waals surface area contributed by atoms with E-state index >= 15 is 0 Å². The molecule has 0 aromatic heterocycles. The summed E-state index contributed by atoms with van der Waals surface area (Å²) in [5.41, 5.74) is -1.13. The first-order valence-electron chi connectivity index (χ1n) is 6.46. The Balaban J connectivity index is -0.000000389. The van der Waals surface area contributed by atoms with Gasteiger partial charge in [0, 0.05) is 19.6 Å². The summed E-state index contributed by atoms with van der Waals surface area (Å²) in [4.78, 5) is 0. The van der Waals surface area contributed by atoms with Crippen LogP contribution in [0.3, 0.4) is 0 Å². The summed E-state index contributed by atoms with van der Waals surface area (Å²) in [5, 5.41) is 34.1. The van der Waals surface area contributed by atoms with Gasteiger partial charge in [0.15, 0.2) is 0 Å². The maximum atomic E-state index is 9.58. The molecule has 5 nitrogen and oxygen atoms in total. The standard InChI is InChI=1S/C9H20O4.C3H8.CH4O/c1-3-9(12,6-11)7-13-5-8(2)4-10;1-3-2;1-2/h8,10-12H,3-7H2,1-2H3;3H2,1-2H3;2H,1H3. The number of aliphatic hydroxyl groups is 4. The minimum Gasteiger partial charge on any atom is -0.400 e. The van der Waals surface area contributed by atoms with Crippen LogP contribution in [-0.4, -0.2) is 59.6 Å². The van der Waals surface area contributed by atoms with Gasteiger partial charge >= 0.3 is 0 Å². The zero-order valence-corrected chi connectivity index (χ0v) is 12.5. The van der Waals surface area contributed by atoms with Crippen LogP contribution in [0.5, 0.6) is 0 Å². The lowest BCUT2D eigenvalue weighted by Gasteiger charge is -2.24. The van der Waals surface area contributed by atoms with E-state index < -0.39 is 5.60 Å². The molecule has 0 amide bonds. The monoisotopic (exact) mass is 268 g/mol. The number of aliphatic hydroxyl groups excluding tert-OH is 3. The minimum absolute atomic E-state index is 0.0693. The molecule has 0 fully saturated rings. The molecular formula is C13H32O5. The molecule has 0 bridgehead atoms. The fraction of sp³-hybridized carbons (Fsp3) is 1.00. The molecule has 0 aliphatic rings. The highest BCUT2D eigenvalue weighted by Gasteiger charge is 2.23. The molecule has 114 valence electrons. The molecule has 0 saturated heterocycles. The first-order chi connectivity index (χ1) is 8.49. The fourth-order valence-electron chi connectivity index (χ4n) is 0.762. The van der Waals surface area contributed by atoms with Gasteiger partial charge in [0.05, 0.1) is 19.8 Å². The van der Waals surface area contributed by atoms with Gasteiger partial charge in [-0.15, -0.1) is 0 Å². The van der Waals surface area contributed by atoms with E-state index in [1.165, 1.54) is 6.42 Å². The average Bonchev–Trinajstić information content (AvgIpc) is 2.41. The third-order valence-corrected chi connectivity index (χ3v) is 2.04. The van der Waals surface area contributed by atoms with E-state index in [0.29, 0.717) is 13.0 Å². The lowest BCUT2D eigenvalue weighted by molar-refractivity contribution is -0.0860. The van der Waals surface area contributed by atoms with Gasteiger partial charge in [-0.3, -0.25) is 0 Å². The highest BCUT2D eigenvalue weighted by atomic mass is 16.5. The van der Waals surface area contributed by atoms with Gasteiger partial charge in [-0.2, -0.15) is 0 Å². The van der Waals surface area contributed by atoms with Gasteiger partial charge in [0.2, 0.25) is 0 Å². The Bertz CT molecular complexity index is 137. The highest BCUT2D eigenvalue weighted by molar-refractivity contribution is 4.74. The maximum Gasteiger partial charge on any atom is 0.111 e. The summed E-state index contributed by atoms with van der Waals surface area (Å²) in [5.74, 6) is 0.0693. The van der Waals surface area contributed by atoms with Crippen LogP contribution < -0.4 is 0 Å². The summed E-state index contributed by atoms with van der Waals surface area (Å²) in [6.45, 7) is 8.18. The Labute approximate surface area is 111 Å².